The molecule has 0 aliphatic rings. The maximum Gasteiger partial charge on any atom is 0.164 e. The molecule has 0 saturated heterocycles. The first kappa shape index (κ1) is 18.6. The smallest absolute Gasteiger partial charge is 0.164 e. The van der Waals surface area contributed by atoms with Gasteiger partial charge >= 0.3 is 0 Å². The Kier molecular flexibility index (Phi) is 9.60. The van der Waals surface area contributed by atoms with Gasteiger partial charge in [0.2, 0.25) is 0 Å². The highest BCUT2D eigenvalue weighted by atomic mass is 35.5. The van der Waals surface area contributed by atoms with E-state index in [-0.39, 0.29) is 12.4 Å². The van der Waals surface area contributed by atoms with Gasteiger partial charge in [-0.15, -0.1) is 25.6 Å². The maximum absolute atomic E-state index is 5.68. The van der Waals surface area contributed by atoms with Crippen LogP contribution >= 0.6 is 12.4 Å². The van der Waals surface area contributed by atoms with E-state index in [1.165, 1.54) is 5.56 Å². The zero-order chi connectivity index (χ0) is 14.1. The van der Waals surface area contributed by atoms with Gasteiger partial charge in [0.05, 0.1) is 13.7 Å². The molecule has 1 N–H and O–H groups in total. The number of hydrogen-bond donors (Lipinski definition) is 1. The van der Waals surface area contributed by atoms with E-state index >= 15 is 0 Å². The molecule has 20 heavy (non-hydrogen) atoms. The largest absolute Gasteiger partial charge is 0.493 e. The fourth-order valence-electron chi connectivity index (χ4n) is 1.91. The molecule has 0 unspecified atom stereocenters. The van der Waals surface area contributed by atoms with Gasteiger partial charge in [0.15, 0.2) is 11.5 Å². The topological polar surface area (TPSA) is 30.5 Å². The molecule has 0 fully saturated rings. The van der Waals surface area contributed by atoms with Gasteiger partial charge < -0.3 is 14.8 Å². The third-order valence-electron chi connectivity index (χ3n) is 2.68. The minimum Gasteiger partial charge on any atom is -0.493 e. The summed E-state index contributed by atoms with van der Waals surface area (Å²) in [5, 5.41) is 3.28. The molecule has 4 heteroatoms. The Hall–Kier alpha value is -1.45. The van der Waals surface area contributed by atoms with Crippen LogP contribution in [0, 0.1) is 0 Å². The summed E-state index contributed by atoms with van der Waals surface area (Å²) in [5.41, 5.74) is 2.27. The van der Waals surface area contributed by atoms with Crippen molar-refractivity contribution in [3.8, 4) is 11.5 Å². The Bertz CT molecular complexity index is 433. The van der Waals surface area contributed by atoms with E-state index in [1.54, 1.807) is 7.11 Å². The van der Waals surface area contributed by atoms with Crippen LogP contribution in [0.25, 0.3) is 0 Å². The number of benzene rings is 1. The van der Waals surface area contributed by atoms with Crippen molar-refractivity contribution >= 4 is 12.4 Å². The van der Waals surface area contributed by atoms with Crippen molar-refractivity contribution in [2.45, 2.75) is 19.9 Å². The first-order valence-corrected chi connectivity index (χ1v) is 6.51. The van der Waals surface area contributed by atoms with Gasteiger partial charge in [-0.25, -0.2) is 0 Å². The summed E-state index contributed by atoms with van der Waals surface area (Å²) in [6.45, 7) is 11.6. The first-order valence-electron chi connectivity index (χ1n) is 6.51. The van der Waals surface area contributed by atoms with Crippen LogP contribution in [0.5, 0.6) is 11.5 Å². The second-order valence-electron chi connectivity index (χ2n) is 4.13. The van der Waals surface area contributed by atoms with Crippen molar-refractivity contribution in [3.63, 3.8) is 0 Å². The van der Waals surface area contributed by atoms with Crippen LogP contribution in [0.3, 0.4) is 0 Å². The minimum absolute atomic E-state index is 0. The summed E-state index contributed by atoms with van der Waals surface area (Å²) in [6.07, 6.45) is 4.48. The van der Waals surface area contributed by atoms with E-state index < -0.39 is 0 Å². The minimum atomic E-state index is 0. The van der Waals surface area contributed by atoms with Gasteiger partial charge in [-0.1, -0.05) is 18.2 Å². The molecule has 112 valence electrons. The van der Waals surface area contributed by atoms with Crippen LogP contribution in [0.1, 0.15) is 18.1 Å². The summed E-state index contributed by atoms with van der Waals surface area (Å²) in [6, 6.07) is 4.14. The zero-order valence-electron chi connectivity index (χ0n) is 12.3. The van der Waals surface area contributed by atoms with Crippen LogP contribution < -0.4 is 14.8 Å². The van der Waals surface area contributed by atoms with E-state index in [1.807, 2.05) is 25.1 Å². The van der Waals surface area contributed by atoms with Crippen LogP contribution in [-0.2, 0) is 13.0 Å². The predicted octanol–water partition coefficient (Wildman–Crippen LogP) is 3.52. The van der Waals surface area contributed by atoms with Crippen molar-refractivity contribution in [1.82, 2.24) is 5.32 Å². The summed E-state index contributed by atoms with van der Waals surface area (Å²) in [7, 11) is 1.66. The molecule has 0 bridgehead atoms. The average molecular weight is 298 g/mol. The maximum atomic E-state index is 5.68. The lowest BCUT2D eigenvalue weighted by atomic mass is 10.1. The average Bonchev–Trinajstić information content (AvgIpc) is 2.42. The van der Waals surface area contributed by atoms with Gasteiger partial charge in [0, 0.05) is 18.7 Å². The molecular weight excluding hydrogens is 274 g/mol. The van der Waals surface area contributed by atoms with E-state index in [0.717, 1.165) is 36.6 Å². The first-order chi connectivity index (χ1) is 9.26. The Balaban J connectivity index is 0.00000361. The fraction of sp³-hybridized carbons (Fsp3) is 0.375. The Morgan fingerprint density at radius 3 is 2.55 bits per heavy atom. The second kappa shape index (κ2) is 10.4. The van der Waals surface area contributed by atoms with E-state index in [4.69, 9.17) is 9.47 Å². The third kappa shape index (κ3) is 5.27. The van der Waals surface area contributed by atoms with Gasteiger partial charge in [-0.3, -0.25) is 0 Å². The number of halogens is 1. The lowest BCUT2D eigenvalue weighted by Gasteiger charge is -2.15. The number of ether oxygens (including phenoxy) is 2. The Morgan fingerprint density at radius 1 is 1.25 bits per heavy atom. The highest BCUT2D eigenvalue weighted by Gasteiger charge is 2.11. The monoisotopic (exact) mass is 297 g/mol. The van der Waals surface area contributed by atoms with Crippen molar-refractivity contribution < 1.29 is 9.47 Å². The van der Waals surface area contributed by atoms with Gasteiger partial charge in [-0.05, 0) is 25.0 Å². The third-order valence-corrected chi connectivity index (χ3v) is 2.68. The highest BCUT2D eigenvalue weighted by Crippen LogP contribution is 2.33. The van der Waals surface area contributed by atoms with E-state index in [2.05, 4.69) is 24.5 Å². The summed E-state index contributed by atoms with van der Waals surface area (Å²) < 4.78 is 11.1. The molecular formula is C16H24ClNO2. The zero-order valence-corrected chi connectivity index (χ0v) is 13.1. The molecule has 1 aromatic carbocycles. The molecule has 0 aliphatic heterocycles. The predicted molar refractivity (Wildman–Crippen MR) is 87.2 cm³/mol. The van der Waals surface area contributed by atoms with Crippen LogP contribution in [0.15, 0.2) is 37.4 Å². The van der Waals surface area contributed by atoms with Gasteiger partial charge in [0.1, 0.15) is 0 Å². The Labute approximate surface area is 128 Å². The number of methoxy groups -OCH3 is 1. The number of allylic oxidation sites excluding steroid dienone is 1. The second-order valence-corrected chi connectivity index (χ2v) is 4.13. The normalized spacial score (nSPS) is 9.50. The lowest BCUT2D eigenvalue weighted by Crippen LogP contribution is -2.13. The SMILES string of the molecule is C=CCNCc1cc(CC=C)c(OCC)c(OC)c1.Cl. The van der Waals surface area contributed by atoms with Crippen molar-refractivity contribution in [3.05, 3.63) is 48.6 Å². The molecule has 0 amide bonds. The molecule has 0 saturated carbocycles. The molecule has 0 aromatic heterocycles. The van der Waals surface area contributed by atoms with Crippen molar-refractivity contribution in [2.24, 2.45) is 0 Å². The molecule has 0 radical (unpaired) electrons. The molecule has 0 aliphatic carbocycles. The molecule has 3 nitrogen and oxygen atoms in total. The summed E-state index contributed by atoms with van der Waals surface area (Å²) >= 11 is 0. The molecule has 0 spiro atoms. The van der Waals surface area contributed by atoms with Gasteiger partial charge in [-0.2, -0.15) is 0 Å². The quantitative estimate of drug-likeness (QED) is 0.559. The molecule has 1 aromatic rings. The number of hydrogen-bond acceptors (Lipinski definition) is 3. The van der Waals surface area contributed by atoms with Crippen LogP contribution in [0.4, 0.5) is 0 Å². The molecule has 0 heterocycles. The van der Waals surface area contributed by atoms with E-state index in [9.17, 15) is 0 Å². The highest BCUT2D eigenvalue weighted by molar-refractivity contribution is 5.85. The van der Waals surface area contributed by atoms with Crippen LogP contribution in [0.2, 0.25) is 0 Å². The summed E-state index contributed by atoms with van der Waals surface area (Å²) in [5.74, 6) is 1.59. The fourth-order valence-corrected chi connectivity index (χ4v) is 1.91. The van der Waals surface area contributed by atoms with Crippen LogP contribution in [-0.4, -0.2) is 20.3 Å². The number of rotatable bonds is 9. The van der Waals surface area contributed by atoms with E-state index in [0.29, 0.717) is 6.61 Å². The lowest BCUT2D eigenvalue weighted by molar-refractivity contribution is 0.308. The van der Waals surface area contributed by atoms with Crippen molar-refractivity contribution in [1.29, 1.82) is 0 Å². The van der Waals surface area contributed by atoms with Gasteiger partial charge in [0.25, 0.3) is 0 Å². The summed E-state index contributed by atoms with van der Waals surface area (Å²) in [4.78, 5) is 0. The van der Waals surface area contributed by atoms with Crippen molar-refractivity contribution in [2.75, 3.05) is 20.3 Å². The Morgan fingerprint density at radius 2 is 2.00 bits per heavy atom. The molecule has 0 atom stereocenters. The standard InChI is InChI=1S/C16H23NO2.ClH/c1-5-8-14-10-13(12-17-9-6-2)11-15(18-4)16(14)19-7-3;/h5-6,10-11,17H,1-2,7-9,12H2,3-4H3;1H. The molecule has 1 rings (SSSR count). The number of nitrogens with one attached hydrogen (secondary N) is 1.